The number of amides is 1. The molecule has 1 fully saturated rings. The largest absolute Gasteiger partial charge is 0.352 e. The molecule has 2 rings (SSSR count). The van der Waals surface area contributed by atoms with Crippen molar-refractivity contribution in [3.63, 3.8) is 0 Å². The lowest BCUT2D eigenvalue weighted by atomic mass is 9.95. The minimum absolute atomic E-state index is 0. The quantitative estimate of drug-likeness (QED) is 0.877. The van der Waals surface area contributed by atoms with E-state index in [1.165, 1.54) is 5.56 Å². The van der Waals surface area contributed by atoms with Crippen molar-refractivity contribution in [2.24, 2.45) is 17.6 Å². The lowest BCUT2D eigenvalue weighted by Crippen LogP contribution is -2.34. The van der Waals surface area contributed by atoms with Crippen LogP contribution in [0.4, 0.5) is 0 Å². The maximum Gasteiger partial charge on any atom is 0.223 e. The van der Waals surface area contributed by atoms with Gasteiger partial charge in [-0.15, -0.1) is 12.4 Å². The van der Waals surface area contributed by atoms with Crippen LogP contribution >= 0.6 is 12.4 Å². The number of carbonyl (C=O) groups is 1. The number of benzene rings is 1. The summed E-state index contributed by atoms with van der Waals surface area (Å²) in [6.07, 6.45) is 3.21. The number of nitrogens with two attached hydrogens (primary N) is 1. The van der Waals surface area contributed by atoms with Crippen molar-refractivity contribution < 1.29 is 4.79 Å². The van der Waals surface area contributed by atoms with Crippen LogP contribution in [0.3, 0.4) is 0 Å². The molecule has 2 atom stereocenters. The monoisotopic (exact) mass is 310 g/mol. The Kier molecular flexibility index (Phi) is 7.20. The summed E-state index contributed by atoms with van der Waals surface area (Å²) in [6.45, 7) is 5.61. The molecule has 1 amide bonds. The first-order chi connectivity index (χ1) is 9.61. The van der Waals surface area contributed by atoms with Gasteiger partial charge in [0.25, 0.3) is 0 Å². The Labute approximate surface area is 134 Å². The highest BCUT2D eigenvalue weighted by molar-refractivity contribution is 5.85. The highest BCUT2D eigenvalue weighted by Crippen LogP contribution is 2.31. The summed E-state index contributed by atoms with van der Waals surface area (Å²) in [5.74, 6) is 1.21. The second-order valence-corrected chi connectivity index (χ2v) is 6.15. The third-order valence-electron chi connectivity index (χ3n) is 4.41. The number of carbonyl (C=O) groups excluding carboxylic acids is 1. The summed E-state index contributed by atoms with van der Waals surface area (Å²) in [6, 6.07) is 8.49. The van der Waals surface area contributed by atoms with Gasteiger partial charge in [-0.3, -0.25) is 4.79 Å². The molecule has 118 valence electrons. The molecule has 0 spiro atoms. The first-order valence-electron chi connectivity index (χ1n) is 7.68. The molecule has 0 aliphatic heterocycles. The molecule has 0 saturated heterocycles. The molecule has 1 saturated carbocycles. The van der Waals surface area contributed by atoms with E-state index in [4.69, 9.17) is 5.73 Å². The van der Waals surface area contributed by atoms with Crippen molar-refractivity contribution in [1.29, 1.82) is 0 Å². The fourth-order valence-corrected chi connectivity index (χ4v) is 3.00. The first-order valence-corrected chi connectivity index (χ1v) is 7.68. The lowest BCUT2D eigenvalue weighted by molar-refractivity contribution is -0.126. The molecular formula is C17H27ClN2O. The van der Waals surface area contributed by atoms with Gasteiger partial charge < -0.3 is 11.1 Å². The highest BCUT2D eigenvalue weighted by Gasteiger charge is 2.31. The summed E-state index contributed by atoms with van der Waals surface area (Å²) in [7, 11) is 0. The summed E-state index contributed by atoms with van der Waals surface area (Å²) in [4.78, 5) is 12.2. The molecular weight excluding hydrogens is 284 g/mol. The van der Waals surface area contributed by atoms with Gasteiger partial charge in [-0.25, -0.2) is 0 Å². The highest BCUT2D eigenvalue weighted by atomic mass is 35.5. The van der Waals surface area contributed by atoms with E-state index in [1.54, 1.807) is 0 Å². The van der Waals surface area contributed by atoms with Gasteiger partial charge in [-0.1, -0.05) is 44.5 Å². The van der Waals surface area contributed by atoms with Crippen LogP contribution in [-0.2, 0) is 11.3 Å². The van der Waals surface area contributed by atoms with Gasteiger partial charge in [0.1, 0.15) is 0 Å². The molecule has 1 aliphatic carbocycles. The van der Waals surface area contributed by atoms with Gasteiger partial charge in [0.2, 0.25) is 5.91 Å². The summed E-state index contributed by atoms with van der Waals surface area (Å²) >= 11 is 0. The maximum absolute atomic E-state index is 12.2. The lowest BCUT2D eigenvalue weighted by Gasteiger charge is -2.17. The second-order valence-electron chi connectivity index (χ2n) is 6.15. The fraction of sp³-hybridized carbons (Fsp3) is 0.588. The van der Waals surface area contributed by atoms with Gasteiger partial charge in [-0.05, 0) is 42.3 Å². The molecule has 0 bridgehead atoms. The van der Waals surface area contributed by atoms with E-state index in [2.05, 4.69) is 43.4 Å². The molecule has 4 heteroatoms. The number of hydrogen-bond acceptors (Lipinski definition) is 2. The number of rotatable bonds is 5. The summed E-state index contributed by atoms with van der Waals surface area (Å²) in [5, 5.41) is 3.06. The van der Waals surface area contributed by atoms with Crippen molar-refractivity contribution in [2.45, 2.75) is 45.6 Å². The molecule has 1 aromatic rings. The van der Waals surface area contributed by atoms with Crippen LogP contribution in [0.2, 0.25) is 0 Å². The fourth-order valence-electron chi connectivity index (χ4n) is 3.00. The van der Waals surface area contributed by atoms with Crippen molar-refractivity contribution in [1.82, 2.24) is 5.32 Å². The third kappa shape index (κ3) is 4.72. The summed E-state index contributed by atoms with van der Waals surface area (Å²) < 4.78 is 0. The second kappa shape index (κ2) is 8.40. The van der Waals surface area contributed by atoms with Crippen molar-refractivity contribution in [2.75, 3.05) is 6.54 Å². The Balaban J connectivity index is 0.00000220. The van der Waals surface area contributed by atoms with E-state index in [-0.39, 0.29) is 24.2 Å². The SMILES string of the molecule is CC(C)c1ccc(CNC(=O)[C@@H]2CCC[C@@H]2CN)cc1.Cl. The van der Waals surface area contributed by atoms with Crippen LogP contribution in [0, 0.1) is 11.8 Å². The Morgan fingerprint density at radius 1 is 1.29 bits per heavy atom. The Bertz CT molecular complexity index is 445. The average Bonchev–Trinajstić information content (AvgIpc) is 2.93. The first kappa shape index (κ1) is 18.0. The Morgan fingerprint density at radius 2 is 1.95 bits per heavy atom. The van der Waals surface area contributed by atoms with E-state index < -0.39 is 0 Å². The number of nitrogens with one attached hydrogen (secondary N) is 1. The van der Waals surface area contributed by atoms with E-state index in [0.717, 1.165) is 24.8 Å². The zero-order valence-corrected chi connectivity index (χ0v) is 13.8. The number of hydrogen-bond donors (Lipinski definition) is 2. The van der Waals surface area contributed by atoms with Gasteiger partial charge in [0.05, 0.1) is 0 Å². The molecule has 1 aliphatic rings. The number of halogens is 1. The zero-order chi connectivity index (χ0) is 14.5. The summed E-state index contributed by atoms with van der Waals surface area (Å²) in [5.41, 5.74) is 8.22. The predicted octanol–water partition coefficient (Wildman–Crippen LogP) is 3.22. The van der Waals surface area contributed by atoms with Crippen LogP contribution in [0.5, 0.6) is 0 Å². The van der Waals surface area contributed by atoms with Gasteiger partial charge in [0, 0.05) is 12.5 Å². The van der Waals surface area contributed by atoms with E-state index in [0.29, 0.717) is 24.9 Å². The molecule has 0 aromatic heterocycles. The molecule has 3 nitrogen and oxygen atoms in total. The minimum atomic E-state index is 0. The van der Waals surface area contributed by atoms with Crippen LogP contribution in [0.15, 0.2) is 24.3 Å². The molecule has 21 heavy (non-hydrogen) atoms. The van der Waals surface area contributed by atoms with Crippen molar-refractivity contribution >= 4 is 18.3 Å². The van der Waals surface area contributed by atoms with E-state index in [9.17, 15) is 4.79 Å². The molecule has 0 radical (unpaired) electrons. The Morgan fingerprint density at radius 3 is 2.52 bits per heavy atom. The van der Waals surface area contributed by atoms with E-state index in [1.807, 2.05) is 0 Å². The average molecular weight is 311 g/mol. The van der Waals surface area contributed by atoms with Gasteiger partial charge in [-0.2, -0.15) is 0 Å². The van der Waals surface area contributed by atoms with Crippen LogP contribution < -0.4 is 11.1 Å². The smallest absolute Gasteiger partial charge is 0.223 e. The van der Waals surface area contributed by atoms with E-state index >= 15 is 0 Å². The third-order valence-corrected chi connectivity index (χ3v) is 4.41. The molecule has 1 aromatic carbocycles. The van der Waals surface area contributed by atoms with Crippen LogP contribution in [0.1, 0.15) is 50.2 Å². The Hall–Kier alpha value is -1.06. The van der Waals surface area contributed by atoms with Gasteiger partial charge in [0.15, 0.2) is 0 Å². The van der Waals surface area contributed by atoms with Crippen molar-refractivity contribution in [3.05, 3.63) is 35.4 Å². The molecule has 0 heterocycles. The van der Waals surface area contributed by atoms with Crippen LogP contribution in [0.25, 0.3) is 0 Å². The van der Waals surface area contributed by atoms with Crippen molar-refractivity contribution in [3.8, 4) is 0 Å². The molecule has 3 N–H and O–H groups in total. The topological polar surface area (TPSA) is 55.1 Å². The molecule has 0 unspecified atom stereocenters. The van der Waals surface area contributed by atoms with Crippen LogP contribution in [-0.4, -0.2) is 12.5 Å². The van der Waals surface area contributed by atoms with Gasteiger partial charge >= 0.3 is 0 Å². The normalized spacial score (nSPS) is 21.1. The predicted molar refractivity (Wildman–Crippen MR) is 89.5 cm³/mol. The zero-order valence-electron chi connectivity index (χ0n) is 13.0. The minimum Gasteiger partial charge on any atom is -0.352 e. The maximum atomic E-state index is 12.2. The standard InChI is InChI=1S/C17H26N2O.ClH/c1-12(2)14-8-6-13(7-9-14)11-19-17(20)16-5-3-4-15(16)10-18;/h6-9,12,15-16H,3-5,10-11,18H2,1-2H3,(H,19,20);1H/t15-,16-;/m1./s1.